The first-order valence-corrected chi connectivity index (χ1v) is 11.2. The Hall–Kier alpha value is -2.31. The van der Waals surface area contributed by atoms with Crippen molar-refractivity contribution in [2.45, 2.75) is 52.0 Å². The number of hydrogen-bond acceptors (Lipinski definition) is 3. The fourth-order valence-electron chi connectivity index (χ4n) is 4.93. The number of ketones is 1. The van der Waals surface area contributed by atoms with Gasteiger partial charge in [0, 0.05) is 22.6 Å². The van der Waals surface area contributed by atoms with E-state index in [0.29, 0.717) is 27.7 Å². The number of Topliss-reactive ketones (excluding diaryl/α,β-unsaturated/α-hetero) is 1. The molecule has 2 atom stereocenters. The molecular formula is C23H25Cl2N3O3. The number of carbonyl (C=O) groups is 3. The van der Waals surface area contributed by atoms with Crippen LogP contribution in [0, 0.1) is 19.8 Å². The summed E-state index contributed by atoms with van der Waals surface area (Å²) in [5.74, 6) is -0.503. The van der Waals surface area contributed by atoms with Gasteiger partial charge in [-0.3, -0.25) is 14.5 Å². The monoisotopic (exact) mass is 461 g/mol. The van der Waals surface area contributed by atoms with Crippen molar-refractivity contribution in [3.8, 4) is 5.69 Å². The molecule has 3 amide bonds. The lowest BCUT2D eigenvalue weighted by molar-refractivity contribution is -0.133. The summed E-state index contributed by atoms with van der Waals surface area (Å²) < 4.78 is 1.91. The van der Waals surface area contributed by atoms with Crippen molar-refractivity contribution < 1.29 is 14.4 Å². The van der Waals surface area contributed by atoms with Crippen LogP contribution in [0.4, 0.5) is 4.79 Å². The second-order valence-electron chi connectivity index (χ2n) is 8.58. The second-order valence-corrected chi connectivity index (χ2v) is 9.40. The summed E-state index contributed by atoms with van der Waals surface area (Å²) in [6.07, 6.45) is 3.45. The number of imide groups is 1. The van der Waals surface area contributed by atoms with Gasteiger partial charge in [0.05, 0.1) is 16.6 Å². The van der Waals surface area contributed by atoms with Crippen LogP contribution in [0.5, 0.6) is 0 Å². The number of rotatable bonds is 4. The summed E-state index contributed by atoms with van der Waals surface area (Å²) in [4.78, 5) is 40.0. The Morgan fingerprint density at radius 3 is 2.58 bits per heavy atom. The van der Waals surface area contributed by atoms with Crippen molar-refractivity contribution in [1.29, 1.82) is 0 Å². The average Bonchev–Trinajstić information content (AvgIpc) is 3.15. The molecule has 31 heavy (non-hydrogen) atoms. The number of benzene rings is 1. The lowest BCUT2D eigenvalue weighted by atomic mass is 9.73. The van der Waals surface area contributed by atoms with Gasteiger partial charge in [-0.05, 0) is 56.9 Å². The molecule has 6 nitrogen and oxygen atoms in total. The molecule has 1 N–H and O–H groups in total. The average molecular weight is 462 g/mol. The van der Waals surface area contributed by atoms with Crippen LogP contribution in [-0.2, 0) is 4.79 Å². The van der Waals surface area contributed by atoms with Gasteiger partial charge in [-0.25, -0.2) is 4.79 Å². The highest BCUT2D eigenvalue weighted by molar-refractivity contribution is 6.42. The summed E-state index contributed by atoms with van der Waals surface area (Å²) in [5, 5.41) is 3.77. The summed E-state index contributed by atoms with van der Waals surface area (Å²) >= 11 is 12.2. The topological polar surface area (TPSA) is 71.4 Å². The van der Waals surface area contributed by atoms with Crippen molar-refractivity contribution in [3.63, 3.8) is 0 Å². The number of amides is 3. The number of aromatic nitrogens is 1. The van der Waals surface area contributed by atoms with Crippen molar-refractivity contribution in [2.24, 2.45) is 5.92 Å². The number of carbonyl (C=O) groups excluding carboxylic acids is 3. The molecule has 0 bridgehead atoms. The number of halogens is 2. The number of aryl methyl sites for hydroxylation is 1. The Morgan fingerprint density at radius 1 is 1.16 bits per heavy atom. The van der Waals surface area contributed by atoms with Crippen molar-refractivity contribution in [1.82, 2.24) is 14.8 Å². The minimum Gasteiger partial charge on any atom is -0.323 e. The molecule has 1 aliphatic heterocycles. The smallest absolute Gasteiger partial charge is 0.323 e. The molecule has 0 unspecified atom stereocenters. The SMILES string of the molecule is Cc1cc(C(=O)CN2C(=O)N[C@@]3(CCCC[C@H]3C)C2=O)c(C)n1-c1ccc(Cl)c(Cl)c1. The van der Waals surface area contributed by atoms with Gasteiger partial charge in [-0.2, -0.15) is 0 Å². The Morgan fingerprint density at radius 2 is 1.90 bits per heavy atom. The molecule has 1 aromatic heterocycles. The quantitative estimate of drug-likeness (QED) is 0.509. The summed E-state index contributed by atoms with van der Waals surface area (Å²) in [5.41, 5.74) is 1.95. The Kier molecular flexibility index (Phi) is 5.64. The molecule has 1 saturated heterocycles. The molecule has 8 heteroatoms. The summed E-state index contributed by atoms with van der Waals surface area (Å²) in [6.45, 7) is 5.44. The van der Waals surface area contributed by atoms with E-state index < -0.39 is 11.6 Å². The van der Waals surface area contributed by atoms with Gasteiger partial charge in [-0.1, -0.05) is 43.0 Å². The van der Waals surface area contributed by atoms with E-state index in [4.69, 9.17) is 23.2 Å². The van der Waals surface area contributed by atoms with Crippen LogP contribution in [0.1, 0.15) is 54.4 Å². The van der Waals surface area contributed by atoms with Gasteiger partial charge < -0.3 is 9.88 Å². The van der Waals surface area contributed by atoms with E-state index in [2.05, 4.69) is 5.32 Å². The van der Waals surface area contributed by atoms with E-state index in [1.54, 1.807) is 18.2 Å². The lowest BCUT2D eigenvalue weighted by Crippen LogP contribution is -2.54. The predicted molar refractivity (Wildman–Crippen MR) is 120 cm³/mol. The van der Waals surface area contributed by atoms with Gasteiger partial charge in [0.2, 0.25) is 0 Å². The first-order chi connectivity index (χ1) is 14.7. The van der Waals surface area contributed by atoms with E-state index in [1.165, 1.54) is 0 Å². The lowest BCUT2D eigenvalue weighted by Gasteiger charge is -2.36. The Bertz CT molecular complexity index is 1090. The fourth-order valence-corrected chi connectivity index (χ4v) is 5.23. The third-order valence-electron chi connectivity index (χ3n) is 6.70. The molecule has 2 fully saturated rings. The Labute approximate surface area is 191 Å². The van der Waals surface area contributed by atoms with Crippen molar-refractivity contribution in [3.05, 3.63) is 51.3 Å². The molecule has 1 aliphatic carbocycles. The number of hydrogen-bond donors (Lipinski definition) is 1. The molecule has 2 aliphatic rings. The minimum atomic E-state index is -0.868. The van der Waals surface area contributed by atoms with E-state index in [-0.39, 0.29) is 24.2 Å². The molecule has 4 rings (SSSR count). The van der Waals surface area contributed by atoms with Gasteiger partial charge in [0.25, 0.3) is 5.91 Å². The third-order valence-corrected chi connectivity index (χ3v) is 7.44. The molecular weight excluding hydrogens is 437 g/mol. The fraction of sp³-hybridized carbons (Fsp3) is 0.435. The molecule has 2 aromatic rings. The van der Waals surface area contributed by atoms with Gasteiger partial charge in [-0.15, -0.1) is 0 Å². The van der Waals surface area contributed by atoms with Crippen molar-refractivity contribution in [2.75, 3.05) is 6.54 Å². The van der Waals surface area contributed by atoms with Crippen LogP contribution < -0.4 is 5.32 Å². The standard InChI is InChI=1S/C23H25Cl2N3O3/c1-13-6-4-5-9-23(13)21(30)27(22(31)26-23)12-20(29)17-10-14(2)28(15(17)3)16-7-8-18(24)19(25)11-16/h7-8,10-11,13H,4-6,9,12H2,1-3H3,(H,26,31)/t13-,23-/m1/s1. The summed E-state index contributed by atoms with van der Waals surface area (Å²) in [6, 6.07) is 6.57. The van der Waals surface area contributed by atoms with Crippen LogP contribution in [-0.4, -0.2) is 39.3 Å². The van der Waals surface area contributed by atoms with Crippen LogP contribution in [0.3, 0.4) is 0 Å². The molecule has 0 radical (unpaired) electrons. The highest BCUT2D eigenvalue weighted by Crippen LogP contribution is 2.38. The van der Waals surface area contributed by atoms with Gasteiger partial charge in [0.15, 0.2) is 5.78 Å². The van der Waals surface area contributed by atoms with Gasteiger partial charge in [0.1, 0.15) is 5.54 Å². The highest BCUT2D eigenvalue weighted by atomic mass is 35.5. The second kappa shape index (κ2) is 7.99. The largest absolute Gasteiger partial charge is 0.325 e. The van der Waals surface area contributed by atoms with E-state index >= 15 is 0 Å². The maximum atomic E-state index is 13.2. The van der Waals surface area contributed by atoms with Crippen LogP contribution >= 0.6 is 23.2 Å². The molecule has 1 saturated carbocycles. The Balaban J connectivity index is 1.60. The molecule has 1 aromatic carbocycles. The minimum absolute atomic E-state index is 0.0533. The maximum absolute atomic E-state index is 13.2. The molecule has 164 valence electrons. The van der Waals surface area contributed by atoms with E-state index in [0.717, 1.165) is 35.5 Å². The first kappa shape index (κ1) is 21.9. The van der Waals surface area contributed by atoms with Crippen LogP contribution in [0.25, 0.3) is 5.69 Å². The number of nitrogens with one attached hydrogen (secondary N) is 1. The van der Waals surface area contributed by atoms with Crippen LogP contribution in [0.2, 0.25) is 10.0 Å². The third kappa shape index (κ3) is 3.56. The zero-order valence-electron chi connectivity index (χ0n) is 17.8. The number of nitrogens with zero attached hydrogens (tertiary/aromatic N) is 2. The highest BCUT2D eigenvalue weighted by Gasteiger charge is 2.55. The zero-order chi connectivity index (χ0) is 22.5. The number of urea groups is 1. The predicted octanol–water partition coefficient (Wildman–Crippen LogP) is 5.08. The maximum Gasteiger partial charge on any atom is 0.325 e. The van der Waals surface area contributed by atoms with E-state index in [1.807, 2.05) is 31.4 Å². The first-order valence-electron chi connectivity index (χ1n) is 10.5. The van der Waals surface area contributed by atoms with Crippen molar-refractivity contribution >= 4 is 40.9 Å². The van der Waals surface area contributed by atoms with Gasteiger partial charge >= 0.3 is 6.03 Å². The molecule has 2 heterocycles. The van der Waals surface area contributed by atoms with Crippen LogP contribution in [0.15, 0.2) is 24.3 Å². The zero-order valence-corrected chi connectivity index (χ0v) is 19.3. The van der Waals surface area contributed by atoms with E-state index in [9.17, 15) is 14.4 Å². The molecule has 1 spiro atoms. The summed E-state index contributed by atoms with van der Waals surface area (Å²) in [7, 11) is 0. The normalized spacial score (nSPS) is 23.5.